The Labute approximate surface area is 506 Å². The van der Waals surface area contributed by atoms with Gasteiger partial charge in [0, 0.05) is 51.9 Å². The maximum Gasteiger partial charge on any atom is 0.255 e. The predicted octanol–water partition coefficient (Wildman–Crippen LogP) is 0.413. The fourth-order valence-electron chi connectivity index (χ4n) is 9.32. The number of hydrogen-bond donors (Lipinski definition) is 12. The highest BCUT2D eigenvalue weighted by molar-refractivity contribution is 6.03. The highest BCUT2D eigenvalue weighted by atomic mass is 16.5. The highest BCUT2D eigenvalue weighted by Gasteiger charge is 2.29. The van der Waals surface area contributed by atoms with Gasteiger partial charge in [-0.3, -0.25) is 53.5 Å². The van der Waals surface area contributed by atoms with Crippen LogP contribution < -0.4 is 86.5 Å². The SMILES string of the molecule is COc1ccc(CC(=O)[C@@H](CCCN=C(N)N)NC(=O)c2cc(CC(=O)[C@@H](CCCN=C(N)N)NC(=O)c3cc(CC(=O)[C@@H](CCCN=C(N)N)NC(=O)c4cc(CC(=O)[C@H](N)CCCN=C(N)N)ccc4OC)ccc3OC)ccc2OC)cc1C. The molecule has 0 fully saturated rings. The van der Waals surface area contributed by atoms with Crippen LogP contribution in [0.5, 0.6) is 23.0 Å². The summed E-state index contributed by atoms with van der Waals surface area (Å²) >= 11 is 0. The number of nitrogens with one attached hydrogen (secondary N) is 3. The number of carbonyl (C=O) groups excluding carboxylic acids is 7. The van der Waals surface area contributed by atoms with Gasteiger partial charge < -0.3 is 86.5 Å². The van der Waals surface area contributed by atoms with Crippen molar-refractivity contribution in [2.24, 2.45) is 71.6 Å². The summed E-state index contributed by atoms with van der Waals surface area (Å²) in [4.78, 5) is 114. The van der Waals surface area contributed by atoms with Gasteiger partial charge in [-0.15, -0.1) is 0 Å². The fourth-order valence-corrected chi connectivity index (χ4v) is 9.32. The summed E-state index contributed by atoms with van der Waals surface area (Å²) in [5.41, 5.74) is 53.2. The number of nitrogens with zero attached hydrogens (tertiary/aromatic N) is 4. The Morgan fingerprint density at radius 1 is 0.391 bits per heavy atom. The number of guanidine groups is 4. The summed E-state index contributed by atoms with van der Waals surface area (Å²) in [5, 5.41) is 8.52. The van der Waals surface area contributed by atoms with Gasteiger partial charge in [-0.2, -0.15) is 0 Å². The summed E-state index contributed by atoms with van der Waals surface area (Å²) in [5.74, 6) is -2.89. The molecular weight excluding hydrogens is 1120 g/mol. The Morgan fingerprint density at radius 3 is 0.931 bits per heavy atom. The van der Waals surface area contributed by atoms with E-state index in [9.17, 15) is 33.6 Å². The van der Waals surface area contributed by atoms with Crippen LogP contribution in [0.3, 0.4) is 0 Å². The maximum atomic E-state index is 14.4. The largest absolute Gasteiger partial charge is 0.496 e. The van der Waals surface area contributed by atoms with Crippen molar-refractivity contribution in [1.82, 2.24) is 16.0 Å². The van der Waals surface area contributed by atoms with Gasteiger partial charge >= 0.3 is 0 Å². The number of methoxy groups -OCH3 is 4. The zero-order valence-electron chi connectivity index (χ0n) is 50.0. The second-order valence-electron chi connectivity index (χ2n) is 20.5. The number of nitrogens with two attached hydrogens (primary N) is 9. The highest BCUT2D eigenvalue weighted by Crippen LogP contribution is 2.26. The van der Waals surface area contributed by atoms with Gasteiger partial charge in [-0.25, -0.2) is 0 Å². The third kappa shape index (κ3) is 23.3. The number of amides is 3. The van der Waals surface area contributed by atoms with Crippen LogP contribution in [0.25, 0.3) is 0 Å². The van der Waals surface area contributed by atoms with Crippen molar-refractivity contribution >= 4 is 64.7 Å². The van der Waals surface area contributed by atoms with Crippen molar-refractivity contribution < 1.29 is 52.5 Å². The number of Topliss-reactive ketones (excluding diaryl/α,β-unsaturated/α-hetero) is 4. The second-order valence-corrected chi connectivity index (χ2v) is 20.5. The molecule has 0 aliphatic heterocycles. The van der Waals surface area contributed by atoms with E-state index < -0.39 is 53.5 Å². The molecule has 3 amide bonds. The number of aryl methyl sites for hydroxylation is 1. The zero-order valence-corrected chi connectivity index (χ0v) is 50.0. The Morgan fingerprint density at radius 2 is 0.655 bits per heavy atom. The van der Waals surface area contributed by atoms with Crippen molar-refractivity contribution in [3.63, 3.8) is 0 Å². The molecular formula is C60H84N16O11. The molecule has 0 spiro atoms. The molecule has 0 unspecified atom stereocenters. The first-order valence-corrected chi connectivity index (χ1v) is 28.1. The normalized spacial score (nSPS) is 12.1. The van der Waals surface area contributed by atoms with Gasteiger partial charge in [0.2, 0.25) is 0 Å². The van der Waals surface area contributed by atoms with Crippen molar-refractivity contribution in [2.75, 3.05) is 54.6 Å². The number of hydrogen-bond acceptors (Lipinski definition) is 16. The maximum absolute atomic E-state index is 14.4. The molecule has 4 rings (SSSR count). The molecule has 87 heavy (non-hydrogen) atoms. The van der Waals surface area contributed by atoms with E-state index in [1.54, 1.807) is 37.4 Å². The Balaban J connectivity index is 1.59. The van der Waals surface area contributed by atoms with Gasteiger partial charge in [0.25, 0.3) is 17.7 Å². The molecule has 0 aromatic heterocycles. The molecule has 27 heteroatoms. The van der Waals surface area contributed by atoms with Gasteiger partial charge in [0.15, 0.2) is 47.0 Å². The third-order valence-corrected chi connectivity index (χ3v) is 13.8. The van der Waals surface area contributed by atoms with E-state index in [0.29, 0.717) is 53.8 Å². The van der Waals surface area contributed by atoms with Crippen LogP contribution in [0.1, 0.15) is 110 Å². The first-order valence-electron chi connectivity index (χ1n) is 28.1. The average Bonchev–Trinajstić information content (AvgIpc) is 3.21. The summed E-state index contributed by atoms with van der Waals surface area (Å²) < 4.78 is 22.0. The Hall–Kier alpha value is -9.79. The quantitative estimate of drug-likeness (QED) is 0.0164. The third-order valence-electron chi connectivity index (χ3n) is 13.8. The lowest BCUT2D eigenvalue weighted by Crippen LogP contribution is -2.42. The molecule has 4 aromatic carbocycles. The van der Waals surface area contributed by atoms with Crippen LogP contribution in [0.15, 0.2) is 92.8 Å². The van der Waals surface area contributed by atoms with E-state index in [1.807, 2.05) is 13.0 Å². The molecule has 0 bridgehead atoms. The van der Waals surface area contributed by atoms with Crippen LogP contribution in [-0.4, -0.2) is 143 Å². The van der Waals surface area contributed by atoms with Crippen molar-refractivity contribution in [1.29, 1.82) is 0 Å². The van der Waals surface area contributed by atoms with Crippen LogP contribution in [-0.2, 0) is 44.9 Å². The van der Waals surface area contributed by atoms with E-state index in [-0.39, 0.29) is 147 Å². The van der Waals surface area contributed by atoms with Crippen molar-refractivity contribution in [3.05, 3.63) is 117 Å². The number of benzene rings is 4. The summed E-state index contributed by atoms with van der Waals surface area (Å²) in [6.45, 7) is 2.64. The number of aliphatic imine (C=N–C) groups is 4. The molecule has 0 saturated heterocycles. The molecule has 0 saturated carbocycles. The predicted molar refractivity (Wildman–Crippen MR) is 333 cm³/mol. The first kappa shape index (κ1) is 69.7. The lowest BCUT2D eigenvalue weighted by molar-refractivity contribution is -0.121. The topological polar surface area (TPSA) is 476 Å². The lowest BCUT2D eigenvalue weighted by atomic mass is 9.96. The van der Waals surface area contributed by atoms with Crippen molar-refractivity contribution in [2.45, 2.75) is 108 Å². The monoisotopic (exact) mass is 1200 g/mol. The zero-order chi connectivity index (χ0) is 64.2. The van der Waals surface area contributed by atoms with E-state index in [1.165, 1.54) is 57.7 Å². The summed E-state index contributed by atoms with van der Waals surface area (Å²) in [6, 6.07) is 15.1. The lowest BCUT2D eigenvalue weighted by Gasteiger charge is -2.21. The van der Waals surface area contributed by atoms with E-state index >= 15 is 0 Å². The molecule has 0 aliphatic carbocycles. The van der Waals surface area contributed by atoms with Gasteiger partial charge in [0.05, 0.1) is 69.3 Å². The Bertz CT molecular complexity index is 3170. The minimum atomic E-state index is -1.15. The minimum absolute atomic E-state index is 0.000134. The first-order chi connectivity index (χ1) is 41.5. The molecule has 27 nitrogen and oxygen atoms in total. The number of ketones is 4. The van der Waals surface area contributed by atoms with Gasteiger partial charge in [-0.05, 0) is 129 Å². The number of ether oxygens (including phenoxy) is 4. The molecule has 0 radical (unpaired) electrons. The molecule has 470 valence electrons. The molecule has 0 aliphatic rings. The van der Waals surface area contributed by atoms with E-state index in [4.69, 9.17) is 70.6 Å². The molecule has 0 heterocycles. The summed E-state index contributed by atoms with van der Waals surface area (Å²) in [7, 11) is 5.66. The Kier molecular flexibility index (Phi) is 28.4. The number of rotatable bonds is 38. The van der Waals surface area contributed by atoms with Crippen LogP contribution in [0.2, 0.25) is 0 Å². The smallest absolute Gasteiger partial charge is 0.255 e. The molecule has 4 atom stereocenters. The van der Waals surface area contributed by atoms with Gasteiger partial charge in [-0.1, -0.05) is 30.3 Å². The van der Waals surface area contributed by atoms with Crippen LogP contribution in [0, 0.1) is 6.92 Å². The van der Waals surface area contributed by atoms with Gasteiger partial charge in [0.1, 0.15) is 23.0 Å². The standard InChI is InChI=1S/C60H84N16O11/c1-34-26-35(14-18-50(34)84-2)31-47(78)43(11-7-23-71-58(64)65)74-55(82)40-28-37(16-20-52(40)86-4)33-49(80)45(13-9-25-73-60(68)69)76-56(83)41-29-38(17-21-53(41)87-5)32-48(79)44(12-8-24-72-59(66)67)75-54(81)39-27-36(15-19-51(39)85-3)30-46(77)42(61)10-6-22-70-57(62)63/h14-21,26-29,42-45H,6-13,22-25,30-33,61H2,1-5H3,(H,74,82)(H,75,81)(H,76,83)(H4,62,63,70)(H4,64,65,71)(H4,66,67,72)(H4,68,69,73)/t42-,43-,44-,45-/m1/s1. The second kappa shape index (κ2) is 35.5. The van der Waals surface area contributed by atoms with E-state index in [2.05, 4.69) is 35.9 Å². The fraction of sp³-hybridized carbons (Fsp3) is 0.417. The number of carbonyl (C=O) groups is 7. The summed E-state index contributed by atoms with van der Waals surface area (Å²) in [6.07, 6.45) is 1.41. The minimum Gasteiger partial charge on any atom is -0.496 e. The van der Waals surface area contributed by atoms with Crippen LogP contribution >= 0.6 is 0 Å². The molecule has 21 N–H and O–H groups in total. The molecule has 4 aromatic rings. The average molecular weight is 1210 g/mol. The van der Waals surface area contributed by atoms with Crippen LogP contribution in [0.4, 0.5) is 0 Å². The van der Waals surface area contributed by atoms with Crippen molar-refractivity contribution in [3.8, 4) is 23.0 Å². The van der Waals surface area contributed by atoms with E-state index in [0.717, 1.165) is 5.56 Å².